The molecule has 4 aliphatic rings. The molecule has 0 bridgehead atoms. The number of hydrogen-bond donors (Lipinski definition) is 2. The topological polar surface area (TPSA) is 143 Å². The van der Waals surface area contributed by atoms with Crippen LogP contribution >= 0.6 is 0 Å². The predicted octanol–water partition coefficient (Wildman–Crippen LogP) is 11.6. The maximum absolute atomic E-state index is 15.7. The summed E-state index contributed by atoms with van der Waals surface area (Å²) >= 11 is 0. The fourth-order valence-electron chi connectivity index (χ4n) is 11.3. The quantitative estimate of drug-likeness (QED) is 0.0470. The van der Waals surface area contributed by atoms with Crippen LogP contribution in [0.15, 0.2) is 133 Å². The predicted molar refractivity (Wildman–Crippen MR) is 271 cm³/mol. The monoisotopic (exact) mass is 943 g/mol. The second-order valence-corrected chi connectivity index (χ2v) is 19.3. The van der Waals surface area contributed by atoms with E-state index in [0.717, 1.165) is 77.3 Å². The van der Waals surface area contributed by atoms with Gasteiger partial charge in [-0.1, -0.05) is 78.7 Å². The molecule has 0 aromatic heterocycles. The number of aliphatic hydroxyl groups is 2. The number of hydrogen-bond acceptors (Lipinski definition) is 10. The van der Waals surface area contributed by atoms with Crippen molar-refractivity contribution >= 4 is 22.4 Å². The van der Waals surface area contributed by atoms with Crippen LogP contribution in [0.25, 0.3) is 10.8 Å². The molecule has 1 unspecified atom stereocenters. The first-order chi connectivity index (χ1) is 34.2. The molecular weight excluding hydrogens is 879 g/mol. The van der Waals surface area contributed by atoms with Gasteiger partial charge in [0.15, 0.2) is 0 Å². The number of ether oxygens (including phenoxy) is 4. The van der Waals surface area contributed by atoms with Crippen LogP contribution in [0.5, 0.6) is 17.2 Å². The van der Waals surface area contributed by atoms with E-state index in [1.807, 2.05) is 41.3 Å². The van der Waals surface area contributed by atoms with E-state index < -0.39 is 24.0 Å². The first-order valence-corrected chi connectivity index (χ1v) is 25.1. The summed E-state index contributed by atoms with van der Waals surface area (Å²) in [4.78, 5) is 24.0. The molecule has 2 fully saturated rings. The van der Waals surface area contributed by atoms with Gasteiger partial charge in [-0.2, -0.15) is 5.26 Å². The Bertz CT molecular complexity index is 2750. The lowest BCUT2D eigenvalue weighted by Crippen LogP contribution is -2.70. The highest BCUT2D eigenvalue weighted by molar-refractivity contribution is 6.03. The van der Waals surface area contributed by atoms with Gasteiger partial charge >= 0.3 is 0 Å². The number of carbonyl (C=O) groups is 1. The third kappa shape index (κ3) is 10.1. The number of nitriles is 1. The lowest BCUT2D eigenvalue weighted by Gasteiger charge is -2.60. The lowest BCUT2D eigenvalue weighted by molar-refractivity contribution is -0.255. The fourth-order valence-corrected chi connectivity index (χ4v) is 11.3. The van der Waals surface area contributed by atoms with Crippen molar-refractivity contribution in [3.05, 3.63) is 161 Å². The molecular formula is C59H65N3O8. The standard InChI is InChI=1S/C59H65N3O8/c1-4-31-67-59-54(62(58(65)43-24-22-41(37-60)23-25-43)38-45-17-13-16-42-14-5-6-18-48(42)45)36-52(61-70-55-20-9-12-32-66-55)50-34-44(15-7-10-29-63)49(19-8-11-30-64)56(57(50)59)51-35-47(27-28-53(51)69-59)68-46-26-21-39(2)40(3)33-46/h4-6,13-14,16-18,21-28,33-35,44,49,54-57,63-64H,1,7-12,15,19-20,29-32,36,38H2,2-3H3/t44-,49+,54-,55?,56+,57+,59+/m0/s1. The van der Waals surface area contributed by atoms with Crippen LogP contribution in [0.2, 0.25) is 0 Å². The smallest absolute Gasteiger partial charge is 0.254 e. The molecule has 7 atom stereocenters. The van der Waals surface area contributed by atoms with Gasteiger partial charge < -0.3 is 38.9 Å². The lowest BCUT2D eigenvalue weighted by atomic mass is 9.55. The van der Waals surface area contributed by atoms with Crippen molar-refractivity contribution in [2.45, 2.75) is 109 Å². The molecule has 70 heavy (non-hydrogen) atoms. The van der Waals surface area contributed by atoms with Gasteiger partial charge in [0.2, 0.25) is 12.1 Å². The van der Waals surface area contributed by atoms with Gasteiger partial charge in [0.1, 0.15) is 23.3 Å². The summed E-state index contributed by atoms with van der Waals surface area (Å²) in [5, 5.41) is 37.1. The molecule has 2 aliphatic heterocycles. The van der Waals surface area contributed by atoms with E-state index in [1.54, 1.807) is 30.3 Å². The molecule has 2 N–H and O–H groups in total. The average molecular weight is 944 g/mol. The molecule has 2 aliphatic carbocycles. The molecule has 1 saturated heterocycles. The number of oxime groups is 1. The zero-order chi connectivity index (χ0) is 48.6. The van der Waals surface area contributed by atoms with Gasteiger partial charge in [0.25, 0.3) is 5.91 Å². The summed E-state index contributed by atoms with van der Waals surface area (Å²) < 4.78 is 27.7. The highest BCUT2D eigenvalue weighted by atomic mass is 16.8. The molecule has 1 amide bonds. The van der Waals surface area contributed by atoms with Gasteiger partial charge in [0, 0.05) is 49.6 Å². The molecule has 0 spiro atoms. The SMILES string of the molecule is C=CCO[C@@]12Oc3ccc(Oc4ccc(C)c(C)c4)cc3[C@H]3[C@H](CCCCO)[C@@H](CCCCO)C=C(C(=NOC4CCCCO4)C[C@@H]1N(Cc1cccc4ccccc14)C(=O)c1ccc(C#N)cc1)[C@H]32. The fraction of sp³-hybridized carbons (Fsp3) is 0.407. The van der Waals surface area contributed by atoms with Gasteiger partial charge in [-0.3, -0.25) is 4.79 Å². The van der Waals surface area contributed by atoms with Crippen LogP contribution in [0.1, 0.15) is 108 Å². The van der Waals surface area contributed by atoms with E-state index in [9.17, 15) is 15.5 Å². The average Bonchev–Trinajstić information content (AvgIpc) is 3.39. The van der Waals surface area contributed by atoms with Gasteiger partial charge in [-0.15, -0.1) is 6.58 Å². The Balaban J connectivity index is 1.28. The van der Waals surface area contributed by atoms with Crippen molar-refractivity contribution in [1.29, 1.82) is 5.26 Å². The number of aliphatic hydroxyl groups excluding tert-OH is 2. The number of carbonyl (C=O) groups excluding carboxylic acids is 1. The van der Waals surface area contributed by atoms with E-state index in [-0.39, 0.29) is 56.4 Å². The normalized spacial score (nSPS) is 24.1. The van der Waals surface area contributed by atoms with Crippen molar-refractivity contribution in [3.63, 3.8) is 0 Å². The first-order valence-electron chi connectivity index (χ1n) is 25.1. The number of amides is 1. The Morgan fingerprint density at radius 2 is 1.69 bits per heavy atom. The van der Waals surface area contributed by atoms with E-state index in [0.29, 0.717) is 54.2 Å². The van der Waals surface area contributed by atoms with E-state index in [4.69, 9.17) is 28.9 Å². The van der Waals surface area contributed by atoms with Crippen molar-refractivity contribution in [2.75, 3.05) is 26.4 Å². The number of allylic oxidation sites excluding steroid dienone is 1. The van der Waals surface area contributed by atoms with Crippen molar-refractivity contribution in [3.8, 4) is 23.3 Å². The summed E-state index contributed by atoms with van der Waals surface area (Å²) in [5.41, 5.74) is 6.72. The number of rotatable bonds is 19. The molecule has 5 aromatic carbocycles. The minimum Gasteiger partial charge on any atom is -0.459 e. The molecule has 11 heteroatoms. The minimum absolute atomic E-state index is 0.0218. The minimum atomic E-state index is -1.49. The highest BCUT2D eigenvalue weighted by Gasteiger charge is 2.65. The summed E-state index contributed by atoms with van der Waals surface area (Å²) in [5.74, 6) is -0.427. The van der Waals surface area contributed by atoms with Gasteiger partial charge in [-0.25, -0.2) is 0 Å². The summed E-state index contributed by atoms with van der Waals surface area (Å²) in [6.07, 6.45) is 10.9. The van der Waals surface area contributed by atoms with E-state index >= 15 is 4.79 Å². The van der Waals surface area contributed by atoms with Crippen LogP contribution in [-0.4, -0.2) is 71.3 Å². The van der Waals surface area contributed by atoms with Crippen LogP contribution < -0.4 is 9.47 Å². The number of aryl methyl sites for hydroxylation is 2. The van der Waals surface area contributed by atoms with Gasteiger partial charge in [-0.05, 0) is 152 Å². The van der Waals surface area contributed by atoms with Crippen LogP contribution in [0.4, 0.5) is 0 Å². The Morgan fingerprint density at radius 1 is 0.914 bits per heavy atom. The Kier molecular flexibility index (Phi) is 15.5. The molecule has 2 heterocycles. The number of unbranched alkanes of at least 4 members (excludes halogenated alkanes) is 2. The highest BCUT2D eigenvalue weighted by Crippen LogP contribution is 2.62. The summed E-state index contributed by atoms with van der Waals surface area (Å²) in [6, 6.07) is 34.7. The van der Waals surface area contributed by atoms with Crippen molar-refractivity contribution in [1.82, 2.24) is 4.90 Å². The molecule has 364 valence electrons. The Morgan fingerprint density at radius 3 is 2.44 bits per heavy atom. The molecule has 1 saturated carbocycles. The number of benzene rings is 5. The molecule has 5 aromatic rings. The first kappa shape index (κ1) is 48.7. The van der Waals surface area contributed by atoms with Crippen LogP contribution in [0.3, 0.4) is 0 Å². The second kappa shape index (κ2) is 22.2. The third-order valence-electron chi connectivity index (χ3n) is 14.9. The van der Waals surface area contributed by atoms with E-state index in [2.05, 4.69) is 75.0 Å². The largest absolute Gasteiger partial charge is 0.459 e. The molecule has 0 radical (unpaired) electrons. The zero-order valence-electron chi connectivity index (χ0n) is 40.4. The van der Waals surface area contributed by atoms with Crippen LogP contribution in [-0.2, 0) is 20.9 Å². The zero-order valence-corrected chi connectivity index (χ0v) is 40.4. The Hall–Kier alpha value is -6.29. The summed E-state index contributed by atoms with van der Waals surface area (Å²) in [6.45, 7) is 9.37. The van der Waals surface area contributed by atoms with Crippen molar-refractivity contribution in [2.24, 2.45) is 22.9 Å². The third-order valence-corrected chi connectivity index (χ3v) is 14.9. The maximum Gasteiger partial charge on any atom is 0.254 e. The molecule has 11 nitrogen and oxygen atoms in total. The summed E-state index contributed by atoms with van der Waals surface area (Å²) in [7, 11) is 0. The second-order valence-electron chi connectivity index (χ2n) is 19.3. The van der Waals surface area contributed by atoms with Crippen LogP contribution in [0, 0.1) is 42.9 Å². The van der Waals surface area contributed by atoms with Crippen molar-refractivity contribution < 1.29 is 38.8 Å². The molecule has 9 rings (SSSR count). The van der Waals surface area contributed by atoms with Gasteiger partial charge in [0.05, 0.1) is 36.5 Å². The Labute approximate surface area is 412 Å². The number of nitrogens with zero attached hydrogens (tertiary/aromatic N) is 3. The number of fused-ring (bicyclic) bond motifs is 3. The van der Waals surface area contributed by atoms with E-state index in [1.165, 1.54) is 5.56 Å². The maximum atomic E-state index is 15.7.